The number of halogens is 1. The van der Waals surface area contributed by atoms with Crippen LogP contribution in [-0.4, -0.2) is 50.2 Å². The SMILES string of the molecule is COc1cc(C(=O)Oc2ccccc2C=NNC(=O)c2[nH]c3ccc(N(C)C)cc3c2-c2ccccc2Cl)ccc1OC(C)=O. The molecule has 0 aliphatic rings. The van der Waals surface area contributed by atoms with Gasteiger partial charge in [-0.3, -0.25) is 9.59 Å². The second-order valence-electron chi connectivity index (χ2n) is 10.1. The number of esters is 2. The topological polar surface area (TPSA) is 122 Å². The van der Waals surface area contributed by atoms with Crippen LogP contribution in [0.1, 0.15) is 33.3 Å². The highest BCUT2D eigenvalue weighted by Gasteiger charge is 2.22. The van der Waals surface area contributed by atoms with Gasteiger partial charge < -0.3 is 24.1 Å². The fourth-order valence-corrected chi connectivity index (χ4v) is 4.89. The first-order chi connectivity index (χ1) is 21.7. The van der Waals surface area contributed by atoms with Gasteiger partial charge in [0, 0.05) is 59.3 Å². The first-order valence-electron chi connectivity index (χ1n) is 13.7. The number of anilines is 1. The maximum Gasteiger partial charge on any atom is 0.343 e. The number of carbonyl (C=O) groups is 3. The van der Waals surface area contributed by atoms with Crippen LogP contribution in [0.2, 0.25) is 5.02 Å². The Balaban J connectivity index is 1.39. The van der Waals surface area contributed by atoms with Gasteiger partial charge in [0.05, 0.1) is 18.9 Å². The summed E-state index contributed by atoms with van der Waals surface area (Å²) in [4.78, 5) is 43.0. The van der Waals surface area contributed by atoms with Crippen molar-refractivity contribution in [2.24, 2.45) is 5.10 Å². The number of rotatable bonds is 9. The number of carbonyl (C=O) groups excluding carboxylic acids is 3. The summed E-state index contributed by atoms with van der Waals surface area (Å²) in [5.74, 6) is -1.10. The fourth-order valence-electron chi connectivity index (χ4n) is 4.66. The summed E-state index contributed by atoms with van der Waals surface area (Å²) in [6.07, 6.45) is 1.38. The van der Waals surface area contributed by atoms with Gasteiger partial charge in [0.2, 0.25) is 0 Å². The first-order valence-corrected chi connectivity index (χ1v) is 14.1. The molecule has 228 valence electrons. The molecular formula is C34H29ClN4O6. The molecule has 0 aliphatic carbocycles. The minimum atomic E-state index is -0.674. The summed E-state index contributed by atoms with van der Waals surface area (Å²) in [6, 6.07) is 24.2. The van der Waals surface area contributed by atoms with Crippen molar-refractivity contribution in [3.05, 3.63) is 107 Å². The molecule has 2 N–H and O–H groups in total. The number of amides is 1. The van der Waals surface area contributed by atoms with E-state index in [4.69, 9.17) is 25.8 Å². The van der Waals surface area contributed by atoms with Gasteiger partial charge in [0.1, 0.15) is 11.4 Å². The Morgan fingerprint density at radius 2 is 1.64 bits per heavy atom. The van der Waals surface area contributed by atoms with Crippen LogP contribution < -0.4 is 24.5 Å². The number of benzene rings is 4. The van der Waals surface area contributed by atoms with Crippen molar-refractivity contribution < 1.29 is 28.6 Å². The summed E-state index contributed by atoms with van der Waals surface area (Å²) in [5.41, 5.74) is 6.55. The molecule has 11 heteroatoms. The van der Waals surface area contributed by atoms with E-state index in [9.17, 15) is 14.4 Å². The molecule has 0 bridgehead atoms. The first kappa shape index (κ1) is 30.8. The molecule has 0 aliphatic heterocycles. The third-order valence-corrected chi connectivity index (χ3v) is 7.14. The number of hydrazone groups is 1. The molecule has 10 nitrogen and oxygen atoms in total. The lowest BCUT2D eigenvalue weighted by molar-refractivity contribution is -0.132. The smallest absolute Gasteiger partial charge is 0.343 e. The second kappa shape index (κ2) is 13.4. The molecule has 0 unspecified atom stereocenters. The number of ether oxygens (including phenoxy) is 3. The van der Waals surface area contributed by atoms with Gasteiger partial charge in [-0.25, -0.2) is 10.2 Å². The predicted octanol–water partition coefficient (Wildman–Crippen LogP) is 6.47. The standard InChI is InChI=1S/C34H29ClN4O6/c1-20(40)44-29-16-13-21(17-30(29)43-4)34(42)45-28-12-8-5-9-22(28)19-36-38-33(41)32-31(24-10-6-7-11-26(24)35)25-18-23(39(2)3)14-15-27(25)37-32/h5-19,37H,1-4H3,(H,38,41). The van der Waals surface area contributed by atoms with Gasteiger partial charge in [-0.2, -0.15) is 5.10 Å². The van der Waals surface area contributed by atoms with Crippen LogP contribution in [0.25, 0.3) is 22.0 Å². The maximum atomic E-state index is 13.5. The zero-order valence-corrected chi connectivity index (χ0v) is 25.6. The lowest BCUT2D eigenvalue weighted by Gasteiger charge is -2.13. The van der Waals surface area contributed by atoms with Crippen molar-refractivity contribution in [2.75, 3.05) is 26.1 Å². The van der Waals surface area contributed by atoms with Crippen LogP contribution >= 0.6 is 11.6 Å². The van der Waals surface area contributed by atoms with Crippen molar-refractivity contribution >= 4 is 52.3 Å². The van der Waals surface area contributed by atoms with E-state index in [0.717, 1.165) is 16.6 Å². The van der Waals surface area contributed by atoms with E-state index < -0.39 is 17.8 Å². The maximum absolute atomic E-state index is 13.5. The molecular weight excluding hydrogens is 596 g/mol. The monoisotopic (exact) mass is 624 g/mol. The van der Waals surface area contributed by atoms with Gasteiger partial charge in [-0.1, -0.05) is 41.9 Å². The van der Waals surface area contributed by atoms with Crippen molar-refractivity contribution in [2.45, 2.75) is 6.92 Å². The van der Waals surface area contributed by atoms with E-state index in [2.05, 4.69) is 15.5 Å². The minimum absolute atomic E-state index is 0.172. The summed E-state index contributed by atoms with van der Waals surface area (Å²) in [6.45, 7) is 1.27. The van der Waals surface area contributed by atoms with Crippen LogP contribution in [0.3, 0.4) is 0 Å². The number of hydrogen-bond acceptors (Lipinski definition) is 8. The number of nitrogens with one attached hydrogen (secondary N) is 2. The average Bonchev–Trinajstić information content (AvgIpc) is 3.40. The Morgan fingerprint density at radius 1 is 0.889 bits per heavy atom. The largest absolute Gasteiger partial charge is 0.493 e. The molecule has 1 aromatic heterocycles. The number of hydrogen-bond donors (Lipinski definition) is 2. The predicted molar refractivity (Wildman–Crippen MR) is 174 cm³/mol. The lowest BCUT2D eigenvalue weighted by Crippen LogP contribution is -2.19. The zero-order valence-electron chi connectivity index (χ0n) is 24.9. The Morgan fingerprint density at radius 3 is 2.38 bits per heavy atom. The van der Waals surface area contributed by atoms with Crippen LogP contribution in [-0.2, 0) is 4.79 Å². The van der Waals surface area contributed by atoms with Crippen LogP contribution in [0.15, 0.2) is 90.0 Å². The Labute approximate surface area is 264 Å². The Hall–Kier alpha value is -5.61. The quantitative estimate of drug-likeness (QED) is 0.0834. The van der Waals surface area contributed by atoms with E-state index in [0.29, 0.717) is 21.7 Å². The Kier molecular flexibility index (Phi) is 9.15. The summed E-state index contributed by atoms with van der Waals surface area (Å²) >= 11 is 6.57. The summed E-state index contributed by atoms with van der Waals surface area (Å²) in [5, 5.41) is 5.49. The molecule has 0 saturated carbocycles. The third-order valence-electron chi connectivity index (χ3n) is 6.81. The number of H-pyrrole nitrogens is 1. The number of aromatic nitrogens is 1. The number of methoxy groups -OCH3 is 1. The second-order valence-corrected chi connectivity index (χ2v) is 10.5. The number of fused-ring (bicyclic) bond motifs is 1. The van der Waals surface area contributed by atoms with Gasteiger partial charge in [-0.05, 0) is 54.6 Å². The van der Waals surface area contributed by atoms with E-state index >= 15 is 0 Å². The van der Waals surface area contributed by atoms with Gasteiger partial charge in [0.25, 0.3) is 5.91 Å². The highest BCUT2D eigenvalue weighted by molar-refractivity contribution is 6.34. The van der Waals surface area contributed by atoms with Crippen LogP contribution in [0.4, 0.5) is 5.69 Å². The number of nitrogens with zero attached hydrogens (tertiary/aromatic N) is 2. The molecule has 0 spiro atoms. The number of para-hydroxylation sites is 1. The molecule has 0 atom stereocenters. The number of aromatic amines is 1. The van der Waals surface area contributed by atoms with E-state index in [1.54, 1.807) is 30.3 Å². The van der Waals surface area contributed by atoms with E-state index in [-0.39, 0.29) is 28.5 Å². The van der Waals surface area contributed by atoms with Gasteiger partial charge >= 0.3 is 11.9 Å². The van der Waals surface area contributed by atoms with Crippen LogP contribution in [0.5, 0.6) is 17.2 Å². The molecule has 5 rings (SSSR count). The molecule has 4 aromatic carbocycles. The highest BCUT2D eigenvalue weighted by Crippen LogP contribution is 2.38. The van der Waals surface area contributed by atoms with Crippen molar-refractivity contribution in [1.82, 2.24) is 10.4 Å². The minimum Gasteiger partial charge on any atom is -0.493 e. The van der Waals surface area contributed by atoms with Gasteiger partial charge in [-0.15, -0.1) is 0 Å². The molecule has 1 heterocycles. The highest BCUT2D eigenvalue weighted by atomic mass is 35.5. The van der Waals surface area contributed by atoms with Gasteiger partial charge in [0.15, 0.2) is 11.5 Å². The fraction of sp³-hybridized carbons (Fsp3) is 0.118. The molecule has 0 saturated heterocycles. The van der Waals surface area contributed by atoms with E-state index in [1.165, 1.54) is 38.4 Å². The molecule has 0 radical (unpaired) electrons. The van der Waals surface area contributed by atoms with Crippen molar-refractivity contribution in [3.63, 3.8) is 0 Å². The molecule has 5 aromatic rings. The molecule has 45 heavy (non-hydrogen) atoms. The normalized spacial score (nSPS) is 11.0. The van der Waals surface area contributed by atoms with Crippen LogP contribution in [0, 0.1) is 0 Å². The lowest BCUT2D eigenvalue weighted by atomic mass is 10.0. The van der Waals surface area contributed by atoms with Crippen molar-refractivity contribution in [1.29, 1.82) is 0 Å². The summed E-state index contributed by atoms with van der Waals surface area (Å²) in [7, 11) is 5.28. The molecule has 1 amide bonds. The zero-order chi connectivity index (χ0) is 32.1. The summed E-state index contributed by atoms with van der Waals surface area (Å²) < 4.78 is 16.0. The van der Waals surface area contributed by atoms with Crippen molar-refractivity contribution in [3.8, 4) is 28.4 Å². The average molecular weight is 625 g/mol. The third kappa shape index (κ3) is 6.81. The molecule has 0 fully saturated rings. The van der Waals surface area contributed by atoms with E-state index in [1.807, 2.05) is 55.4 Å². The Bertz CT molecular complexity index is 1950.